The summed E-state index contributed by atoms with van der Waals surface area (Å²) in [5.74, 6) is -5.87. The number of hydrogen-bond donors (Lipinski definition) is 2. The molecule has 0 aliphatic heterocycles. The molecular formula is C13H6BrF4NO2. The maximum Gasteiger partial charge on any atom is 0.335 e. The molecule has 21 heavy (non-hydrogen) atoms. The van der Waals surface area contributed by atoms with Crippen molar-refractivity contribution in [1.29, 1.82) is 0 Å². The zero-order chi connectivity index (χ0) is 15.7. The van der Waals surface area contributed by atoms with Gasteiger partial charge >= 0.3 is 5.97 Å². The molecule has 3 nitrogen and oxygen atoms in total. The van der Waals surface area contributed by atoms with Gasteiger partial charge in [0.15, 0.2) is 11.6 Å². The monoisotopic (exact) mass is 363 g/mol. The Kier molecular flexibility index (Phi) is 4.17. The highest BCUT2D eigenvalue weighted by molar-refractivity contribution is 9.10. The maximum absolute atomic E-state index is 13.7. The quantitative estimate of drug-likeness (QED) is 0.625. The van der Waals surface area contributed by atoms with Crippen molar-refractivity contribution >= 4 is 33.3 Å². The Morgan fingerprint density at radius 3 is 2.05 bits per heavy atom. The number of halogens is 5. The number of nitrogens with one attached hydrogen (secondary N) is 1. The van der Waals surface area contributed by atoms with Crippen LogP contribution in [-0.4, -0.2) is 11.1 Å². The Hall–Kier alpha value is -2.09. The van der Waals surface area contributed by atoms with Crippen molar-refractivity contribution in [3.05, 3.63) is 57.6 Å². The number of benzene rings is 2. The average Bonchev–Trinajstić information content (AvgIpc) is 2.39. The second-order valence-electron chi connectivity index (χ2n) is 3.99. The summed E-state index contributed by atoms with van der Waals surface area (Å²) in [5.41, 5.74) is -1.70. The first-order valence-electron chi connectivity index (χ1n) is 5.43. The Morgan fingerprint density at radius 2 is 1.52 bits per heavy atom. The smallest absolute Gasteiger partial charge is 0.335 e. The van der Waals surface area contributed by atoms with Gasteiger partial charge in [0, 0.05) is 6.07 Å². The molecule has 0 fully saturated rings. The van der Waals surface area contributed by atoms with E-state index in [0.29, 0.717) is 18.2 Å². The summed E-state index contributed by atoms with van der Waals surface area (Å²) in [5, 5.41) is 10.8. The molecule has 0 spiro atoms. The second-order valence-corrected chi connectivity index (χ2v) is 4.85. The predicted octanol–water partition coefficient (Wildman–Crippen LogP) is 4.45. The van der Waals surface area contributed by atoms with Gasteiger partial charge in [-0.15, -0.1) is 0 Å². The number of rotatable bonds is 3. The van der Waals surface area contributed by atoms with Crippen molar-refractivity contribution in [3.63, 3.8) is 0 Å². The average molecular weight is 364 g/mol. The van der Waals surface area contributed by atoms with Crippen LogP contribution < -0.4 is 5.32 Å². The van der Waals surface area contributed by atoms with E-state index < -0.39 is 40.5 Å². The third-order valence-corrected chi connectivity index (χ3v) is 3.17. The van der Waals surface area contributed by atoms with Crippen molar-refractivity contribution < 1.29 is 27.5 Å². The standard InChI is InChI=1S/C13H6BrF4NO2/c14-6-3-11(8(16)4-7(6)15)19-12-9(17)1-5(13(20)21)2-10(12)18/h1-4,19H,(H,20,21). The molecule has 2 N–H and O–H groups in total. The molecule has 0 radical (unpaired) electrons. The van der Waals surface area contributed by atoms with Crippen molar-refractivity contribution in [2.75, 3.05) is 5.32 Å². The lowest BCUT2D eigenvalue weighted by Crippen LogP contribution is -2.04. The summed E-state index contributed by atoms with van der Waals surface area (Å²) in [7, 11) is 0. The van der Waals surface area contributed by atoms with E-state index in [2.05, 4.69) is 21.2 Å². The van der Waals surface area contributed by atoms with Gasteiger partial charge in [0.05, 0.1) is 15.7 Å². The van der Waals surface area contributed by atoms with Crippen molar-refractivity contribution in [1.82, 2.24) is 0 Å². The van der Waals surface area contributed by atoms with E-state index in [4.69, 9.17) is 5.11 Å². The Bertz CT molecular complexity index is 713. The summed E-state index contributed by atoms with van der Waals surface area (Å²) < 4.78 is 53.9. The molecular weight excluding hydrogens is 358 g/mol. The minimum absolute atomic E-state index is 0.102. The van der Waals surface area contributed by atoms with Gasteiger partial charge in [-0.3, -0.25) is 0 Å². The zero-order valence-electron chi connectivity index (χ0n) is 10.1. The molecule has 0 aliphatic carbocycles. The van der Waals surface area contributed by atoms with E-state index in [1.807, 2.05) is 0 Å². The van der Waals surface area contributed by atoms with E-state index in [0.717, 1.165) is 6.07 Å². The number of carbonyl (C=O) groups is 1. The molecule has 2 aromatic carbocycles. The lowest BCUT2D eigenvalue weighted by Gasteiger charge is -2.11. The number of aromatic carboxylic acids is 1. The van der Waals surface area contributed by atoms with Crippen LogP contribution in [-0.2, 0) is 0 Å². The van der Waals surface area contributed by atoms with Crippen LogP contribution in [0.15, 0.2) is 28.7 Å². The SMILES string of the molecule is O=C(O)c1cc(F)c(Nc2cc(Br)c(F)cc2F)c(F)c1. The molecule has 0 amide bonds. The van der Waals surface area contributed by atoms with Gasteiger partial charge < -0.3 is 10.4 Å². The van der Waals surface area contributed by atoms with Crippen LogP contribution in [0.4, 0.5) is 28.9 Å². The molecule has 0 atom stereocenters. The van der Waals surface area contributed by atoms with Crippen LogP contribution in [0.1, 0.15) is 10.4 Å². The molecule has 2 aromatic rings. The van der Waals surface area contributed by atoms with Crippen LogP contribution in [0.25, 0.3) is 0 Å². The van der Waals surface area contributed by atoms with Gasteiger partial charge in [0.25, 0.3) is 0 Å². The third kappa shape index (κ3) is 3.15. The molecule has 0 unspecified atom stereocenters. The van der Waals surface area contributed by atoms with E-state index >= 15 is 0 Å². The van der Waals surface area contributed by atoms with Gasteiger partial charge in [-0.05, 0) is 34.1 Å². The fourth-order valence-electron chi connectivity index (χ4n) is 1.57. The van der Waals surface area contributed by atoms with E-state index in [9.17, 15) is 22.4 Å². The van der Waals surface area contributed by atoms with Gasteiger partial charge in [-0.25, -0.2) is 22.4 Å². The molecule has 0 aromatic heterocycles. The van der Waals surface area contributed by atoms with E-state index in [1.54, 1.807) is 0 Å². The van der Waals surface area contributed by atoms with E-state index in [1.165, 1.54) is 0 Å². The normalized spacial score (nSPS) is 10.5. The summed E-state index contributed by atoms with van der Waals surface area (Å²) in [6, 6.07) is 2.68. The van der Waals surface area contributed by atoms with Crippen LogP contribution in [0.3, 0.4) is 0 Å². The van der Waals surface area contributed by atoms with Gasteiger partial charge in [0.1, 0.15) is 17.3 Å². The summed E-state index contributed by atoms with van der Waals surface area (Å²) in [4.78, 5) is 10.6. The Morgan fingerprint density at radius 1 is 0.952 bits per heavy atom. The van der Waals surface area contributed by atoms with Crippen LogP contribution >= 0.6 is 15.9 Å². The van der Waals surface area contributed by atoms with Gasteiger partial charge in [0.2, 0.25) is 0 Å². The lowest BCUT2D eigenvalue weighted by molar-refractivity contribution is 0.0696. The molecule has 0 bridgehead atoms. The number of carboxylic acids is 1. The highest BCUT2D eigenvalue weighted by atomic mass is 79.9. The minimum atomic E-state index is -1.50. The highest BCUT2D eigenvalue weighted by Crippen LogP contribution is 2.29. The fourth-order valence-corrected chi connectivity index (χ4v) is 1.91. The van der Waals surface area contributed by atoms with Gasteiger partial charge in [-0.2, -0.15) is 0 Å². The van der Waals surface area contributed by atoms with Crippen LogP contribution in [0.2, 0.25) is 0 Å². The Balaban J connectivity index is 2.45. The van der Waals surface area contributed by atoms with E-state index in [-0.39, 0.29) is 10.2 Å². The topological polar surface area (TPSA) is 49.3 Å². The number of anilines is 2. The highest BCUT2D eigenvalue weighted by Gasteiger charge is 2.17. The van der Waals surface area contributed by atoms with Crippen LogP contribution in [0.5, 0.6) is 0 Å². The zero-order valence-corrected chi connectivity index (χ0v) is 11.6. The van der Waals surface area contributed by atoms with Crippen molar-refractivity contribution in [2.45, 2.75) is 0 Å². The first kappa shape index (κ1) is 15.3. The first-order valence-corrected chi connectivity index (χ1v) is 6.23. The number of carboxylic acid groups (broad SMARTS) is 1. The maximum atomic E-state index is 13.7. The third-order valence-electron chi connectivity index (χ3n) is 2.56. The summed E-state index contributed by atoms with van der Waals surface area (Å²) in [6.45, 7) is 0. The van der Waals surface area contributed by atoms with Crippen molar-refractivity contribution in [2.24, 2.45) is 0 Å². The minimum Gasteiger partial charge on any atom is -0.478 e. The molecule has 110 valence electrons. The molecule has 2 rings (SSSR count). The lowest BCUT2D eigenvalue weighted by atomic mass is 10.1. The molecule has 0 heterocycles. The van der Waals surface area contributed by atoms with Crippen LogP contribution in [0, 0.1) is 23.3 Å². The largest absolute Gasteiger partial charge is 0.478 e. The Labute approximate surface area is 124 Å². The molecule has 0 aliphatic rings. The number of hydrogen-bond acceptors (Lipinski definition) is 2. The fraction of sp³-hybridized carbons (Fsp3) is 0. The second kappa shape index (κ2) is 5.72. The summed E-state index contributed by atoms with van der Waals surface area (Å²) in [6.07, 6.45) is 0. The van der Waals surface area contributed by atoms with Gasteiger partial charge in [-0.1, -0.05) is 0 Å². The summed E-state index contributed by atoms with van der Waals surface area (Å²) >= 11 is 2.81. The van der Waals surface area contributed by atoms with Crippen molar-refractivity contribution in [3.8, 4) is 0 Å². The molecule has 8 heteroatoms. The first-order chi connectivity index (χ1) is 9.79. The predicted molar refractivity (Wildman–Crippen MR) is 70.7 cm³/mol. The molecule has 0 saturated carbocycles. The molecule has 0 saturated heterocycles.